The van der Waals surface area contributed by atoms with Crippen LogP contribution in [0.5, 0.6) is 0 Å². The highest BCUT2D eigenvalue weighted by Gasteiger charge is 2.13. The van der Waals surface area contributed by atoms with E-state index in [0.29, 0.717) is 16.1 Å². The lowest BCUT2D eigenvalue weighted by molar-refractivity contribution is 0.276. The number of hydrogen-bond donors (Lipinski definition) is 1. The molecule has 2 aromatic carbocycles. The number of rotatable bonds is 2. The van der Waals surface area contributed by atoms with Crippen LogP contribution in [-0.2, 0) is 6.61 Å². The van der Waals surface area contributed by atoms with Crippen molar-refractivity contribution in [1.82, 2.24) is 0 Å². The standard InChI is InChI=1S/C13H10ClFO/c14-11-7-6-10(8-16)13(15)12(11)9-4-2-1-3-5-9/h1-7,16H,8H2. The van der Waals surface area contributed by atoms with Gasteiger partial charge in [0.05, 0.1) is 11.6 Å². The van der Waals surface area contributed by atoms with Crippen molar-refractivity contribution in [3.05, 3.63) is 58.9 Å². The number of benzene rings is 2. The molecule has 0 unspecified atom stereocenters. The van der Waals surface area contributed by atoms with Gasteiger partial charge in [-0.3, -0.25) is 0 Å². The van der Waals surface area contributed by atoms with E-state index in [9.17, 15) is 4.39 Å². The summed E-state index contributed by atoms with van der Waals surface area (Å²) in [5.74, 6) is -0.457. The van der Waals surface area contributed by atoms with Crippen LogP contribution in [0.1, 0.15) is 5.56 Å². The van der Waals surface area contributed by atoms with Crippen LogP contribution in [0.15, 0.2) is 42.5 Å². The second kappa shape index (κ2) is 4.64. The molecule has 0 radical (unpaired) electrons. The lowest BCUT2D eigenvalue weighted by Crippen LogP contribution is -1.94. The minimum Gasteiger partial charge on any atom is -0.392 e. The number of halogens is 2. The van der Waals surface area contributed by atoms with Crippen molar-refractivity contribution in [3.63, 3.8) is 0 Å². The molecule has 1 nitrogen and oxygen atoms in total. The first-order valence-corrected chi connectivity index (χ1v) is 5.25. The van der Waals surface area contributed by atoms with Gasteiger partial charge in [0.15, 0.2) is 0 Å². The van der Waals surface area contributed by atoms with Gasteiger partial charge in [0, 0.05) is 11.1 Å². The highest BCUT2D eigenvalue weighted by Crippen LogP contribution is 2.32. The van der Waals surface area contributed by atoms with Gasteiger partial charge in [0.2, 0.25) is 0 Å². The van der Waals surface area contributed by atoms with Crippen molar-refractivity contribution in [3.8, 4) is 11.1 Å². The lowest BCUT2D eigenvalue weighted by atomic mass is 10.0. The van der Waals surface area contributed by atoms with Gasteiger partial charge in [0.1, 0.15) is 5.82 Å². The SMILES string of the molecule is OCc1ccc(Cl)c(-c2ccccc2)c1F. The fourth-order valence-corrected chi connectivity index (χ4v) is 1.84. The Morgan fingerprint density at radius 2 is 1.75 bits per heavy atom. The molecular weight excluding hydrogens is 227 g/mol. The average molecular weight is 237 g/mol. The molecule has 0 aliphatic carbocycles. The zero-order valence-corrected chi connectivity index (χ0v) is 9.21. The van der Waals surface area contributed by atoms with E-state index in [-0.39, 0.29) is 12.2 Å². The van der Waals surface area contributed by atoms with Gasteiger partial charge < -0.3 is 5.11 Å². The molecule has 0 atom stereocenters. The fourth-order valence-electron chi connectivity index (χ4n) is 1.59. The van der Waals surface area contributed by atoms with Crippen LogP contribution in [0.3, 0.4) is 0 Å². The Morgan fingerprint density at radius 3 is 2.38 bits per heavy atom. The second-order valence-corrected chi connectivity index (χ2v) is 3.83. The molecule has 0 heterocycles. The maximum Gasteiger partial charge on any atom is 0.138 e. The summed E-state index contributed by atoms with van der Waals surface area (Å²) in [6.07, 6.45) is 0. The zero-order chi connectivity index (χ0) is 11.5. The monoisotopic (exact) mass is 236 g/mol. The van der Waals surface area contributed by atoms with Gasteiger partial charge in [-0.2, -0.15) is 0 Å². The summed E-state index contributed by atoms with van der Waals surface area (Å²) in [5, 5.41) is 9.35. The third kappa shape index (κ3) is 1.94. The molecule has 0 aliphatic heterocycles. The Hall–Kier alpha value is -1.38. The summed E-state index contributed by atoms with van der Waals surface area (Å²) in [6, 6.07) is 12.1. The first-order valence-electron chi connectivity index (χ1n) is 4.87. The number of aliphatic hydroxyl groups is 1. The summed E-state index contributed by atoms with van der Waals surface area (Å²) < 4.78 is 14.0. The minimum atomic E-state index is -0.457. The van der Waals surface area contributed by atoms with E-state index in [1.807, 2.05) is 18.2 Å². The Morgan fingerprint density at radius 1 is 1.06 bits per heavy atom. The molecule has 0 saturated heterocycles. The van der Waals surface area contributed by atoms with Crippen molar-refractivity contribution in [2.75, 3.05) is 0 Å². The summed E-state index contributed by atoms with van der Waals surface area (Å²) >= 11 is 5.97. The molecule has 0 aliphatic rings. The first-order chi connectivity index (χ1) is 7.74. The second-order valence-electron chi connectivity index (χ2n) is 3.42. The van der Waals surface area contributed by atoms with Crippen LogP contribution in [0.2, 0.25) is 5.02 Å². The Bertz CT molecular complexity index is 497. The van der Waals surface area contributed by atoms with Crippen LogP contribution in [0, 0.1) is 5.82 Å². The maximum atomic E-state index is 14.0. The van der Waals surface area contributed by atoms with Gasteiger partial charge in [-0.15, -0.1) is 0 Å². The highest BCUT2D eigenvalue weighted by atomic mass is 35.5. The number of hydrogen-bond acceptors (Lipinski definition) is 1. The molecule has 16 heavy (non-hydrogen) atoms. The van der Waals surface area contributed by atoms with Crippen LogP contribution in [0.4, 0.5) is 4.39 Å². The predicted octanol–water partition coefficient (Wildman–Crippen LogP) is 3.64. The highest BCUT2D eigenvalue weighted by molar-refractivity contribution is 6.33. The van der Waals surface area contributed by atoms with Crippen molar-refractivity contribution in [2.45, 2.75) is 6.61 Å². The zero-order valence-electron chi connectivity index (χ0n) is 8.45. The third-order valence-corrected chi connectivity index (χ3v) is 2.72. The van der Waals surface area contributed by atoms with Crippen molar-refractivity contribution in [2.24, 2.45) is 0 Å². The molecule has 0 saturated carbocycles. The van der Waals surface area contributed by atoms with Gasteiger partial charge in [-0.05, 0) is 11.6 Å². The van der Waals surface area contributed by atoms with Crippen molar-refractivity contribution >= 4 is 11.6 Å². The molecule has 0 fully saturated rings. The van der Waals surface area contributed by atoms with E-state index in [1.54, 1.807) is 18.2 Å². The molecule has 2 aromatic rings. The summed E-state index contributed by atoms with van der Waals surface area (Å²) in [7, 11) is 0. The van der Waals surface area contributed by atoms with E-state index < -0.39 is 5.82 Å². The normalized spacial score (nSPS) is 10.4. The van der Waals surface area contributed by atoms with E-state index in [4.69, 9.17) is 16.7 Å². The van der Waals surface area contributed by atoms with Crippen LogP contribution >= 0.6 is 11.6 Å². The summed E-state index contributed by atoms with van der Waals surface area (Å²) in [6.45, 7) is -0.331. The molecular formula is C13H10ClFO. The molecule has 1 N–H and O–H groups in total. The van der Waals surface area contributed by atoms with E-state index in [0.717, 1.165) is 0 Å². The topological polar surface area (TPSA) is 20.2 Å². The summed E-state index contributed by atoms with van der Waals surface area (Å²) in [5.41, 5.74) is 1.30. The lowest BCUT2D eigenvalue weighted by Gasteiger charge is -2.09. The Balaban J connectivity index is 2.64. The smallest absolute Gasteiger partial charge is 0.138 e. The van der Waals surface area contributed by atoms with Crippen LogP contribution in [0.25, 0.3) is 11.1 Å². The molecule has 82 valence electrons. The van der Waals surface area contributed by atoms with Crippen molar-refractivity contribution in [1.29, 1.82) is 0 Å². The van der Waals surface area contributed by atoms with E-state index in [1.165, 1.54) is 6.07 Å². The van der Waals surface area contributed by atoms with Crippen LogP contribution in [-0.4, -0.2) is 5.11 Å². The van der Waals surface area contributed by atoms with E-state index >= 15 is 0 Å². The van der Waals surface area contributed by atoms with Crippen LogP contribution < -0.4 is 0 Å². The molecule has 2 rings (SSSR count). The molecule has 0 aromatic heterocycles. The predicted molar refractivity (Wildman–Crippen MR) is 62.8 cm³/mol. The third-order valence-electron chi connectivity index (χ3n) is 2.40. The maximum absolute atomic E-state index is 14.0. The quantitative estimate of drug-likeness (QED) is 0.844. The Labute approximate surface area is 98.1 Å². The molecule has 0 amide bonds. The van der Waals surface area contributed by atoms with Gasteiger partial charge >= 0.3 is 0 Å². The molecule has 0 spiro atoms. The molecule has 0 bridgehead atoms. The Kier molecular flexibility index (Phi) is 3.22. The first kappa shape index (κ1) is 11.1. The largest absolute Gasteiger partial charge is 0.392 e. The van der Waals surface area contributed by atoms with E-state index in [2.05, 4.69) is 0 Å². The fraction of sp³-hybridized carbons (Fsp3) is 0.0769. The van der Waals surface area contributed by atoms with Gasteiger partial charge in [-0.25, -0.2) is 4.39 Å². The van der Waals surface area contributed by atoms with Gasteiger partial charge in [0.25, 0.3) is 0 Å². The molecule has 3 heteroatoms. The number of aliphatic hydroxyl groups excluding tert-OH is 1. The van der Waals surface area contributed by atoms with Gasteiger partial charge in [-0.1, -0.05) is 48.0 Å². The minimum absolute atomic E-state index is 0.253. The average Bonchev–Trinajstić information content (AvgIpc) is 2.31. The summed E-state index contributed by atoms with van der Waals surface area (Å²) in [4.78, 5) is 0. The van der Waals surface area contributed by atoms with Crippen molar-refractivity contribution < 1.29 is 9.50 Å².